The molecule has 1 aromatic rings. The fourth-order valence-corrected chi connectivity index (χ4v) is 4.05. The van der Waals surface area contributed by atoms with E-state index < -0.39 is 10.0 Å². The van der Waals surface area contributed by atoms with Gasteiger partial charge >= 0.3 is 0 Å². The standard InChI is InChI=1S/C14H17NO4S/c16-9-3-5-12-4-1-7-14(10-12)20(18,19)15-8-2-6-13(15)11-17/h1,4,7,10,13,16-17H,2,6,8-9,11H2. The minimum atomic E-state index is -3.60. The summed E-state index contributed by atoms with van der Waals surface area (Å²) >= 11 is 0. The molecular formula is C14H17NO4S. The lowest BCUT2D eigenvalue weighted by molar-refractivity contribution is 0.213. The minimum absolute atomic E-state index is 0.163. The van der Waals surface area contributed by atoms with Gasteiger partial charge in [0.1, 0.15) is 6.61 Å². The maximum atomic E-state index is 12.5. The highest BCUT2D eigenvalue weighted by Gasteiger charge is 2.34. The quantitative estimate of drug-likeness (QED) is 0.780. The molecular weight excluding hydrogens is 278 g/mol. The zero-order valence-electron chi connectivity index (χ0n) is 11.0. The lowest BCUT2D eigenvalue weighted by Crippen LogP contribution is -2.37. The summed E-state index contributed by atoms with van der Waals surface area (Å²) in [5.74, 6) is 5.18. The van der Waals surface area contributed by atoms with E-state index in [0.717, 1.165) is 6.42 Å². The van der Waals surface area contributed by atoms with E-state index in [0.29, 0.717) is 18.5 Å². The van der Waals surface area contributed by atoms with Gasteiger partial charge in [-0.15, -0.1) is 0 Å². The topological polar surface area (TPSA) is 77.8 Å². The Kier molecular flexibility index (Phi) is 4.78. The molecule has 108 valence electrons. The number of nitrogens with zero attached hydrogens (tertiary/aromatic N) is 1. The van der Waals surface area contributed by atoms with Crippen LogP contribution < -0.4 is 0 Å². The van der Waals surface area contributed by atoms with Crippen LogP contribution in [0.15, 0.2) is 29.2 Å². The summed E-state index contributed by atoms with van der Waals surface area (Å²) < 4.78 is 26.4. The molecule has 5 nitrogen and oxygen atoms in total. The Hall–Kier alpha value is -1.39. The van der Waals surface area contributed by atoms with E-state index in [1.54, 1.807) is 12.1 Å². The fourth-order valence-electron chi connectivity index (χ4n) is 2.32. The molecule has 2 N–H and O–H groups in total. The van der Waals surface area contributed by atoms with Crippen molar-refractivity contribution in [3.05, 3.63) is 29.8 Å². The monoisotopic (exact) mass is 295 g/mol. The molecule has 1 heterocycles. The Bertz CT molecular complexity index is 630. The average Bonchev–Trinajstić information content (AvgIpc) is 2.94. The van der Waals surface area contributed by atoms with Crippen LogP contribution in [0.5, 0.6) is 0 Å². The fraction of sp³-hybridized carbons (Fsp3) is 0.429. The van der Waals surface area contributed by atoms with Gasteiger partial charge in [-0.3, -0.25) is 0 Å². The average molecular weight is 295 g/mol. The third-order valence-corrected chi connectivity index (χ3v) is 5.23. The van der Waals surface area contributed by atoms with Crippen molar-refractivity contribution in [1.82, 2.24) is 4.31 Å². The van der Waals surface area contributed by atoms with Gasteiger partial charge in [-0.2, -0.15) is 4.31 Å². The molecule has 1 aliphatic heterocycles. The van der Waals surface area contributed by atoms with Crippen molar-refractivity contribution in [2.24, 2.45) is 0 Å². The Balaban J connectivity index is 2.34. The third kappa shape index (κ3) is 3.02. The van der Waals surface area contributed by atoms with E-state index in [-0.39, 0.29) is 24.2 Å². The van der Waals surface area contributed by atoms with Crippen molar-refractivity contribution in [3.8, 4) is 11.8 Å². The molecule has 1 unspecified atom stereocenters. The molecule has 2 rings (SSSR count). The van der Waals surface area contributed by atoms with Crippen molar-refractivity contribution in [2.45, 2.75) is 23.8 Å². The molecule has 6 heteroatoms. The van der Waals surface area contributed by atoms with E-state index in [1.807, 2.05) is 0 Å². The normalized spacial score (nSPS) is 19.6. The Labute approximate surface area is 118 Å². The summed E-state index contributed by atoms with van der Waals surface area (Å²) in [4.78, 5) is 0.169. The van der Waals surface area contributed by atoms with Gasteiger partial charge in [0, 0.05) is 18.2 Å². The van der Waals surface area contributed by atoms with Crippen LogP contribution in [0.3, 0.4) is 0 Å². The summed E-state index contributed by atoms with van der Waals surface area (Å²) in [7, 11) is -3.60. The Morgan fingerprint density at radius 3 is 2.85 bits per heavy atom. The molecule has 0 bridgehead atoms. The summed E-state index contributed by atoms with van der Waals surface area (Å²) in [6, 6.07) is 5.98. The number of aliphatic hydroxyl groups excluding tert-OH is 2. The molecule has 0 amide bonds. The molecule has 1 aliphatic rings. The van der Waals surface area contributed by atoms with Crippen molar-refractivity contribution in [3.63, 3.8) is 0 Å². The van der Waals surface area contributed by atoms with Gasteiger partial charge in [-0.25, -0.2) is 8.42 Å². The number of hydrogen-bond donors (Lipinski definition) is 2. The maximum absolute atomic E-state index is 12.5. The molecule has 1 saturated heterocycles. The van der Waals surface area contributed by atoms with Crippen LogP contribution in [0.25, 0.3) is 0 Å². The van der Waals surface area contributed by atoms with Crippen molar-refractivity contribution >= 4 is 10.0 Å². The molecule has 0 spiro atoms. The van der Waals surface area contributed by atoms with Gasteiger partial charge in [0.25, 0.3) is 0 Å². The number of hydrogen-bond acceptors (Lipinski definition) is 4. The van der Waals surface area contributed by atoms with Crippen LogP contribution in [-0.4, -0.2) is 48.7 Å². The van der Waals surface area contributed by atoms with Crippen LogP contribution >= 0.6 is 0 Å². The van der Waals surface area contributed by atoms with Crippen LogP contribution in [0.2, 0.25) is 0 Å². The number of benzene rings is 1. The van der Waals surface area contributed by atoms with Gasteiger partial charge in [-0.05, 0) is 31.0 Å². The molecule has 0 aromatic heterocycles. The highest BCUT2D eigenvalue weighted by Crippen LogP contribution is 2.26. The van der Waals surface area contributed by atoms with Crippen LogP contribution in [-0.2, 0) is 10.0 Å². The smallest absolute Gasteiger partial charge is 0.243 e. The second-order valence-electron chi connectivity index (χ2n) is 4.58. The first-order valence-electron chi connectivity index (χ1n) is 6.42. The van der Waals surface area contributed by atoms with Gasteiger partial charge < -0.3 is 10.2 Å². The predicted octanol–water partition coefficient (Wildman–Crippen LogP) is 0.176. The lowest BCUT2D eigenvalue weighted by Gasteiger charge is -2.22. The summed E-state index contributed by atoms with van der Waals surface area (Å²) in [6.45, 7) is -0.000958. The zero-order chi connectivity index (χ0) is 14.6. The second-order valence-corrected chi connectivity index (χ2v) is 6.47. The van der Waals surface area contributed by atoms with Crippen molar-refractivity contribution in [1.29, 1.82) is 0 Å². The molecule has 0 saturated carbocycles. The largest absolute Gasteiger partial charge is 0.395 e. The first-order valence-corrected chi connectivity index (χ1v) is 7.86. The van der Waals surface area contributed by atoms with Gasteiger partial charge in [0.05, 0.1) is 11.5 Å². The van der Waals surface area contributed by atoms with Crippen LogP contribution in [0.4, 0.5) is 0 Å². The van der Waals surface area contributed by atoms with E-state index in [9.17, 15) is 13.5 Å². The molecule has 0 radical (unpaired) electrons. The summed E-state index contributed by atoms with van der Waals surface area (Å²) in [5, 5.41) is 17.9. The van der Waals surface area contributed by atoms with Gasteiger partial charge in [0.15, 0.2) is 0 Å². The molecule has 1 aromatic carbocycles. The third-order valence-electron chi connectivity index (χ3n) is 3.29. The van der Waals surface area contributed by atoms with Gasteiger partial charge in [-0.1, -0.05) is 17.9 Å². The zero-order valence-corrected chi connectivity index (χ0v) is 11.8. The number of aliphatic hydroxyl groups is 2. The maximum Gasteiger partial charge on any atom is 0.243 e. The van der Waals surface area contributed by atoms with E-state index in [2.05, 4.69) is 11.8 Å². The summed E-state index contributed by atoms with van der Waals surface area (Å²) in [5.41, 5.74) is 0.542. The molecule has 1 atom stereocenters. The predicted molar refractivity (Wildman–Crippen MR) is 74.4 cm³/mol. The molecule has 1 fully saturated rings. The SMILES string of the molecule is O=S(=O)(c1cccc(C#CCO)c1)N1CCCC1CO. The van der Waals surface area contributed by atoms with E-state index >= 15 is 0 Å². The van der Waals surface area contributed by atoms with Crippen molar-refractivity contribution < 1.29 is 18.6 Å². The second kappa shape index (κ2) is 6.37. The lowest BCUT2D eigenvalue weighted by atomic mass is 10.2. The Morgan fingerprint density at radius 2 is 2.15 bits per heavy atom. The van der Waals surface area contributed by atoms with Crippen LogP contribution in [0, 0.1) is 11.8 Å². The highest BCUT2D eigenvalue weighted by molar-refractivity contribution is 7.89. The number of rotatable bonds is 3. The summed E-state index contributed by atoms with van der Waals surface area (Å²) in [6.07, 6.45) is 1.44. The van der Waals surface area contributed by atoms with E-state index in [1.165, 1.54) is 16.4 Å². The van der Waals surface area contributed by atoms with Crippen molar-refractivity contribution in [2.75, 3.05) is 19.8 Å². The number of sulfonamides is 1. The Morgan fingerprint density at radius 1 is 1.35 bits per heavy atom. The first-order chi connectivity index (χ1) is 9.59. The van der Waals surface area contributed by atoms with Crippen LogP contribution in [0.1, 0.15) is 18.4 Å². The van der Waals surface area contributed by atoms with Gasteiger partial charge in [0.2, 0.25) is 10.0 Å². The molecule has 20 heavy (non-hydrogen) atoms. The first kappa shape index (κ1) is 15.0. The minimum Gasteiger partial charge on any atom is -0.395 e. The van der Waals surface area contributed by atoms with E-state index in [4.69, 9.17) is 5.11 Å². The highest BCUT2D eigenvalue weighted by atomic mass is 32.2. The molecule has 0 aliphatic carbocycles.